The van der Waals surface area contributed by atoms with Crippen LogP contribution in [0.2, 0.25) is 0 Å². The van der Waals surface area contributed by atoms with E-state index in [1.807, 2.05) is 6.08 Å². The van der Waals surface area contributed by atoms with Gasteiger partial charge in [0, 0.05) is 12.8 Å². The maximum Gasteiger partial charge on any atom is 0.469 e. The quantitative estimate of drug-likeness (QED) is 0.0299. The highest BCUT2D eigenvalue weighted by Gasteiger charge is 2.22. The zero-order valence-electron chi connectivity index (χ0n) is 30.6. The molecule has 280 valence electrons. The first-order valence-corrected chi connectivity index (χ1v) is 20.3. The maximum atomic E-state index is 12.3. The summed E-state index contributed by atoms with van der Waals surface area (Å²) in [5.74, 6) is -0.975. The van der Waals surface area contributed by atoms with Gasteiger partial charge in [-0.3, -0.25) is 14.1 Å². The van der Waals surface area contributed by atoms with Crippen LogP contribution in [0.5, 0.6) is 0 Å². The van der Waals surface area contributed by atoms with Crippen LogP contribution in [0, 0.1) is 0 Å². The van der Waals surface area contributed by atoms with Gasteiger partial charge in [0.2, 0.25) is 0 Å². The number of allylic oxidation sites excluding steroid dienone is 12. The Morgan fingerprint density at radius 1 is 0.531 bits per heavy atom. The molecule has 0 amide bonds. The first-order valence-electron chi connectivity index (χ1n) is 18.7. The number of hydrogen-bond acceptors (Lipinski definition) is 6. The fourth-order valence-corrected chi connectivity index (χ4v) is 4.98. The fraction of sp³-hybridized carbons (Fsp3) is 0.650. The lowest BCUT2D eigenvalue weighted by atomic mass is 10.1. The van der Waals surface area contributed by atoms with E-state index in [0.717, 1.165) is 70.6 Å². The molecule has 0 aromatic heterocycles. The molecule has 0 aromatic carbocycles. The Hall–Kier alpha value is -2.51. The van der Waals surface area contributed by atoms with E-state index in [0.29, 0.717) is 12.8 Å². The second-order valence-corrected chi connectivity index (χ2v) is 13.4. The van der Waals surface area contributed by atoms with Crippen molar-refractivity contribution in [1.82, 2.24) is 0 Å². The van der Waals surface area contributed by atoms with Crippen LogP contribution in [0.15, 0.2) is 72.9 Å². The standard InChI is InChI=1S/C40H67O8P/c1-3-5-7-9-11-13-15-17-19-20-21-23-24-26-28-30-32-34-39(41)46-36-38(37-47-49(43,44)45)48-40(42)35-33-31-29-27-25-22-18-16-14-12-10-8-6-4-2/h10-13,16-19,21,23,26,28,38H,3-9,14-15,20,22,24-25,27,29-37H2,1-2H3,(H2,43,44,45)/b12-10+,13-11+,18-16+,19-17+,23-21+,28-26+/t38-/m1/s1. The summed E-state index contributed by atoms with van der Waals surface area (Å²) in [5.41, 5.74) is 0. The van der Waals surface area contributed by atoms with Gasteiger partial charge in [0.05, 0.1) is 6.61 Å². The second-order valence-electron chi connectivity index (χ2n) is 12.2. The van der Waals surface area contributed by atoms with Gasteiger partial charge >= 0.3 is 19.8 Å². The molecular weight excluding hydrogens is 639 g/mol. The van der Waals surface area contributed by atoms with Gasteiger partial charge in [-0.05, 0) is 77.0 Å². The van der Waals surface area contributed by atoms with Gasteiger partial charge in [-0.15, -0.1) is 0 Å². The van der Waals surface area contributed by atoms with E-state index in [4.69, 9.17) is 19.3 Å². The van der Waals surface area contributed by atoms with Crippen LogP contribution in [0.4, 0.5) is 0 Å². The van der Waals surface area contributed by atoms with E-state index in [2.05, 4.69) is 85.2 Å². The Morgan fingerprint density at radius 3 is 1.49 bits per heavy atom. The molecule has 0 radical (unpaired) electrons. The number of hydrogen-bond donors (Lipinski definition) is 2. The molecule has 0 aromatic rings. The molecule has 0 bridgehead atoms. The van der Waals surface area contributed by atoms with E-state index < -0.39 is 32.5 Å². The number of carbonyl (C=O) groups excluding carboxylic acids is 2. The number of ether oxygens (including phenoxy) is 2. The third-order valence-corrected chi connectivity index (χ3v) is 7.93. The van der Waals surface area contributed by atoms with E-state index in [1.165, 1.54) is 38.5 Å². The van der Waals surface area contributed by atoms with Crippen molar-refractivity contribution in [1.29, 1.82) is 0 Å². The van der Waals surface area contributed by atoms with E-state index in [-0.39, 0.29) is 19.4 Å². The normalized spacial score (nSPS) is 13.3. The predicted molar refractivity (Wildman–Crippen MR) is 202 cm³/mol. The smallest absolute Gasteiger partial charge is 0.462 e. The molecular formula is C40H67O8P. The van der Waals surface area contributed by atoms with Crippen LogP contribution in [-0.2, 0) is 28.2 Å². The molecule has 0 unspecified atom stereocenters. The number of unbranched alkanes of at least 4 members (excludes halogenated alkanes) is 11. The lowest BCUT2D eigenvalue weighted by molar-refractivity contribution is -0.161. The molecule has 0 saturated carbocycles. The summed E-state index contributed by atoms with van der Waals surface area (Å²) in [4.78, 5) is 42.7. The Labute approximate surface area is 298 Å². The summed E-state index contributed by atoms with van der Waals surface area (Å²) in [6.45, 7) is 3.53. The first kappa shape index (κ1) is 46.5. The molecule has 9 heteroatoms. The third-order valence-electron chi connectivity index (χ3n) is 7.45. The average Bonchev–Trinajstić information content (AvgIpc) is 3.07. The largest absolute Gasteiger partial charge is 0.469 e. The lowest BCUT2D eigenvalue weighted by Crippen LogP contribution is -2.29. The molecule has 8 nitrogen and oxygen atoms in total. The zero-order chi connectivity index (χ0) is 36.1. The van der Waals surface area contributed by atoms with Gasteiger partial charge in [0.15, 0.2) is 6.10 Å². The average molecular weight is 707 g/mol. The van der Waals surface area contributed by atoms with Crippen molar-refractivity contribution in [3.63, 3.8) is 0 Å². The summed E-state index contributed by atoms with van der Waals surface area (Å²) in [7, 11) is -4.77. The summed E-state index contributed by atoms with van der Waals surface area (Å²) < 4.78 is 26.2. The number of carbonyl (C=O) groups is 2. The molecule has 0 aliphatic rings. The summed E-state index contributed by atoms with van der Waals surface area (Å²) >= 11 is 0. The maximum absolute atomic E-state index is 12.3. The van der Waals surface area contributed by atoms with Crippen molar-refractivity contribution in [2.45, 2.75) is 155 Å². The fourth-order valence-electron chi connectivity index (χ4n) is 4.62. The van der Waals surface area contributed by atoms with Crippen molar-refractivity contribution in [3.05, 3.63) is 72.9 Å². The first-order chi connectivity index (χ1) is 23.8. The van der Waals surface area contributed by atoms with Crippen LogP contribution in [0.1, 0.15) is 149 Å². The predicted octanol–water partition coefficient (Wildman–Crippen LogP) is 11.1. The molecule has 1 atom stereocenters. The highest BCUT2D eigenvalue weighted by molar-refractivity contribution is 7.46. The minimum Gasteiger partial charge on any atom is -0.462 e. The highest BCUT2D eigenvalue weighted by Crippen LogP contribution is 2.35. The molecule has 2 N–H and O–H groups in total. The molecule has 0 heterocycles. The number of phosphoric ester groups is 1. The second kappa shape index (κ2) is 35.3. The van der Waals surface area contributed by atoms with Crippen molar-refractivity contribution >= 4 is 19.8 Å². The van der Waals surface area contributed by atoms with Crippen molar-refractivity contribution in [2.75, 3.05) is 13.2 Å². The molecule has 0 spiro atoms. The van der Waals surface area contributed by atoms with Gasteiger partial charge in [-0.1, -0.05) is 132 Å². The van der Waals surface area contributed by atoms with Crippen molar-refractivity contribution in [2.24, 2.45) is 0 Å². The minimum absolute atomic E-state index is 0.180. The van der Waals surface area contributed by atoms with Crippen LogP contribution < -0.4 is 0 Å². The summed E-state index contributed by atoms with van der Waals surface area (Å²) in [6.07, 6.45) is 44.8. The number of esters is 2. The molecule has 49 heavy (non-hydrogen) atoms. The van der Waals surface area contributed by atoms with Gasteiger partial charge in [0.1, 0.15) is 6.61 Å². The van der Waals surface area contributed by atoms with Crippen LogP contribution >= 0.6 is 7.82 Å². The summed E-state index contributed by atoms with van der Waals surface area (Å²) in [6, 6.07) is 0. The molecule has 0 fully saturated rings. The minimum atomic E-state index is -4.77. The monoisotopic (exact) mass is 706 g/mol. The van der Waals surface area contributed by atoms with Crippen molar-refractivity contribution in [3.8, 4) is 0 Å². The van der Waals surface area contributed by atoms with Gasteiger partial charge < -0.3 is 19.3 Å². The Morgan fingerprint density at radius 2 is 0.959 bits per heavy atom. The Balaban J connectivity index is 4.12. The molecule has 0 rings (SSSR count). The lowest BCUT2D eigenvalue weighted by Gasteiger charge is -2.18. The van der Waals surface area contributed by atoms with E-state index in [9.17, 15) is 14.2 Å². The van der Waals surface area contributed by atoms with Crippen LogP contribution in [-0.4, -0.2) is 41.0 Å². The third kappa shape index (κ3) is 38.1. The van der Waals surface area contributed by atoms with Crippen molar-refractivity contribution < 1.29 is 37.9 Å². The molecule has 0 saturated heterocycles. The topological polar surface area (TPSA) is 119 Å². The zero-order valence-corrected chi connectivity index (χ0v) is 31.5. The molecule has 0 aliphatic carbocycles. The highest BCUT2D eigenvalue weighted by atomic mass is 31.2. The van der Waals surface area contributed by atoms with Gasteiger partial charge in [0.25, 0.3) is 0 Å². The molecule has 0 aliphatic heterocycles. The Bertz CT molecular complexity index is 1020. The van der Waals surface area contributed by atoms with E-state index >= 15 is 0 Å². The van der Waals surface area contributed by atoms with Gasteiger partial charge in [-0.2, -0.15) is 0 Å². The SMILES string of the molecule is CCCC/C=C/C/C=C/CCCCCCCC(=O)O[C@H](COC(=O)CCC/C=C/C/C=C/C/C=C/C/C=C/CCCCC)COP(=O)(O)O. The number of phosphoric acid groups is 1. The number of rotatable bonds is 33. The van der Waals surface area contributed by atoms with Crippen LogP contribution in [0.3, 0.4) is 0 Å². The van der Waals surface area contributed by atoms with Crippen LogP contribution in [0.25, 0.3) is 0 Å². The Kier molecular flexibility index (Phi) is 33.5. The van der Waals surface area contributed by atoms with Gasteiger partial charge in [-0.25, -0.2) is 4.57 Å². The summed E-state index contributed by atoms with van der Waals surface area (Å²) in [5, 5.41) is 0. The van der Waals surface area contributed by atoms with E-state index in [1.54, 1.807) is 0 Å².